The van der Waals surface area contributed by atoms with Crippen molar-refractivity contribution in [2.75, 3.05) is 5.33 Å². The number of alkyl halides is 1. The van der Waals surface area contributed by atoms with Crippen LogP contribution < -0.4 is 0 Å². The van der Waals surface area contributed by atoms with Crippen molar-refractivity contribution < 1.29 is 0 Å². The van der Waals surface area contributed by atoms with E-state index >= 15 is 0 Å². The highest BCUT2D eigenvalue weighted by Gasteiger charge is 2.37. The van der Waals surface area contributed by atoms with E-state index in [2.05, 4.69) is 27.4 Å². The zero-order valence-electron chi connectivity index (χ0n) is 10.6. The minimum atomic E-state index is 0.524. The second-order valence-electron chi connectivity index (χ2n) is 5.83. The molecule has 0 bridgehead atoms. The van der Waals surface area contributed by atoms with E-state index in [1.54, 1.807) is 5.69 Å². The van der Waals surface area contributed by atoms with Crippen LogP contribution in [0.3, 0.4) is 0 Å². The van der Waals surface area contributed by atoms with Crippen LogP contribution in [0, 0.1) is 12.3 Å². The Morgan fingerprint density at radius 2 is 2.00 bits per heavy atom. The summed E-state index contributed by atoms with van der Waals surface area (Å²) in [7, 11) is 0. The van der Waals surface area contributed by atoms with Crippen molar-refractivity contribution >= 4 is 15.9 Å². The van der Waals surface area contributed by atoms with Crippen LogP contribution in [0.15, 0.2) is 0 Å². The Hall–Kier alpha value is -0.310. The zero-order valence-corrected chi connectivity index (χ0v) is 12.2. The summed E-state index contributed by atoms with van der Waals surface area (Å²) in [6.07, 6.45) is 9.28. The van der Waals surface area contributed by atoms with Gasteiger partial charge in [0.2, 0.25) is 0 Å². The molecule has 2 aliphatic rings. The molecular formula is C14H21BrN2. The van der Waals surface area contributed by atoms with Crippen molar-refractivity contribution in [2.45, 2.75) is 58.4 Å². The minimum absolute atomic E-state index is 0.524. The molecule has 2 aliphatic carbocycles. The Labute approximate surface area is 112 Å². The topological polar surface area (TPSA) is 17.8 Å². The molecule has 0 saturated heterocycles. The lowest BCUT2D eigenvalue weighted by Crippen LogP contribution is -2.36. The van der Waals surface area contributed by atoms with Crippen molar-refractivity contribution in [1.29, 1.82) is 0 Å². The molecule has 0 amide bonds. The maximum Gasteiger partial charge on any atom is 0.106 e. The fourth-order valence-electron chi connectivity index (χ4n) is 3.29. The Morgan fingerprint density at radius 1 is 1.24 bits per heavy atom. The summed E-state index contributed by atoms with van der Waals surface area (Å²) in [5.41, 5.74) is 3.45. The maximum atomic E-state index is 4.78. The monoisotopic (exact) mass is 296 g/mol. The predicted molar refractivity (Wildman–Crippen MR) is 73.7 cm³/mol. The van der Waals surface area contributed by atoms with E-state index in [-0.39, 0.29) is 0 Å². The third kappa shape index (κ3) is 1.96. The summed E-state index contributed by atoms with van der Waals surface area (Å²) in [5, 5.41) is 1.15. The smallest absolute Gasteiger partial charge is 0.106 e. The van der Waals surface area contributed by atoms with Gasteiger partial charge in [0.15, 0.2) is 0 Å². The van der Waals surface area contributed by atoms with Crippen LogP contribution in [-0.4, -0.2) is 14.9 Å². The maximum absolute atomic E-state index is 4.78. The molecule has 0 aliphatic heterocycles. The molecule has 3 heteroatoms. The fourth-order valence-corrected chi connectivity index (χ4v) is 4.03. The summed E-state index contributed by atoms with van der Waals surface area (Å²) in [5.74, 6) is 1.24. The molecule has 0 radical (unpaired) electrons. The molecule has 3 rings (SSSR count). The quantitative estimate of drug-likeness (QED) is 0.779. The minimum Gasteiger partial charge on any atom is -0.331 e. The summed E-state index contributed by atoms with van der Waals surface area (Å²) in [4.78, 5) is 4.78. The average Bonchev–Trinajstić information content (AvgIpc) is 2.60. The number of halogens is 1. The second-order valence-corrected chi connectivity index (χ2v) is 6.39. The van der Waals surface area contributed by atoms with Gasteiger partial charge in [-0.1, -0.05) is 22.4 Å². The normalized spacial score (nSPS) is 22.0. The van der Waals surface area contributed by atoms with Crippen LogP contribution in [0.5, 0.6) is 0 Å². The Kier molecular flexibility index (Phi) is 3.06. The number of rotatable bonds is 3. The van der Waals surface area contributed by atoms with E-state index in [1.165, 1.54) is 63.0 Å². The van der Waals surface area contributed by atoms with E-state index in [4.69, 9.17) is 4.98 Å². The summed E-state index contributed by atoms with van der Waals surface area (Å²) < 4.78 is 2.52. The molecule has 0 atom stereocenters. The third-order valence-corrected chi connectivity index (χ3v) is 5.80. The van der Waals surface area contributed by atoms with Gasteiger partial charge in [-0.05, 0) is 50.9 Å². The molecule has 1 saturated carbocycles. The van der Waals surface area contributed by atoms with Gasteiger partial charge in [-0.25, -0.2) is 4.98 Å². The van der Waals surface area contributed by atoms with Crippen LogP contribution in [0.25, 0.3) is 0 Å². The molecule has 1 heterocycles. The van der Waals surface area contributed by atoms with E-state index in [0.29, 0.717) is 5.41 Å². The molecule has 1 aromatic rings. The van der Waals surface area contributed by atoms with Crippen molar-refractivity contribution in [3.63, 3.8) is 0 Å². The Bertz CT molecular complexity index is 413. The fraction of sp³-hybridized carbons (Fsp3) is 0.786. The van der Waals surface area contributed by atoms with Gasteiger partial charge in [-0.3, -0.25) is 0 Å². The number of aromatic nitrogens is 2. The van der Waals surface area contributed by atoms with E-state index < -0.39 is 0 Å². The molecule has 0 N–H and O–H groups in total. The highest BCUT2D eigenvalue weighted by molar-refractivity contribution is 9.09. The first kappa shape index (κ1) is 11.8. The highest BCUT2D eigenvalue weighted by Crippen LogP contribution is 2.44. The predicted octanol–water partition coefficient (Wildman–Crippen LogP) is 3.64. The molecule has 1 fully saturated rings. The number of hydrogen-bond donors (Lipinski definition) is 0. The molecule has 2 nitrogen and oxygen atoms in total. The molecule has 1 aromatic heterocycles. The molecule has 94 valence electrons. The van der Waals surface area contributed by atoms with Gasteiger partial charge >= 0.3 is 0 Å². The lowest BCUT2D eigenvalue weighted by atomic mass is 9.70. The summed E-state index contributed by atoms with van der Waals surface area (Å²) in [6, 6.07) is 0. The van der Waals surface area contributed by atoms with Gasteiger partial charge < -0.3 is 4.57 Å². The lowest BCUT2D eigenvalue weighted by Gasteiger charge is -2.41. The number of imidazole rings is 1. The van der Waals surface area contributed by atoms with Gasteiger partial charge in [0.25, 0.3) is 0 Å². The lowest BCUT2D eigenvalue weighted by molar-refractivity contribution is 0.137. The largest absolute Gasteiger partial charge is 0.331 e. The van der Waals surface area contributed by atoms with Gasteiger partial charge in [-0.15, -0.1) is 0 Å². The molecule has 0 aromatic carbocycles. The SMILES string of the molecule is Cc1nc2c(n1CC1(CBr)CCC1)CCCC2. The van der Waals surface area contributed by atoms with Crippen LogP contribution in [0.1, 0.15) is 49.3 Å². The van der Waals surface area contributed by atoms with Gasteiger partial charge in [-0.2, -0.15) is 0 Å². The van der Waals surface area contributed by atoms with Crippen molar-refractivity contribution in [1.82, 2.24) is 9.55 Å². The number of fused-ring (bicyclic) bond motifs is 1. The van der Waals surface area contributed by atoms with Crippen molar-refractivity contribution in [2.24, 2.45) is 5.41 Å². The second kappa shape index (κ2) is 4.42. The average molecular weight is 297 g/mol. The van der Waals surface area contributed by atoms with Crippen molar-refractivity contribution in [3.8, 4) is 0 Å². The third-order valence-electron chi connectivity index (χ3n) is 4.61. The number of aryl methyl sites for hydroxylation is 2. The zero-order chi connectivity index (χ0) is 11.9. The molecule has 0 unspecified atom stereocenters. The first-order valence-electron chi connectivity index (χ1n) is 6.85. The molecular weight excluding hydrogens is 276 g/mol. The number of nitrogens with zero attached hydrogens (tertiary/aromatic N) is 2. The van der Waals surface area contributed by atoms with Crippen LogP contribution in [0.4, 0.5) is 0 Å². The first-order chi connectivity index (χ1) is 8.24. The Balaban J connectivity index is 1.89. The molecule has 17 heavy (non-hydrogen) atoms. The van der Waals surface area contributed by atoms with Gasteiger partial charge in [0.05, 0.1) is 5.69 Å². The summed E-state index contributed by atoms with van der Waals surface area (Å²) in [6.45, 7) is 3.37. The van der Waals surface area contributed by atoms with Gasteiger partial charge in [0, 0.05) is 17.6 Å². The van der Waals surface area contributed by atoms with E-state index in [9.17, 15) is 0 Å². The van der Waals surface area contributed by atoms with Crippen LogP contribution in [-0.2, 0) is 19.4 Å². The van der Waals surface area contributed by atoms with E-state index in [0.717, 1.165) is 5.33 Å². The van der Waals surface area contributed by atoms with Crippen molar-refractivity contribution in [3.05, 3.63) is 17.2 Å². The van der Waals surface area contributed by atoms with Crippen LogP contribution in [0.2, 0.25) is 0 Å². The Morgan fingerprint density at radius 3 is 2.65 bits per heavy atom. The highest BCUT2D eigenvalue weighted by atomic mass is 79.9. The summed E-state index contributed by atoms with van der Waals surface area (Å²) >= 11 is 3.72. The first-order valence-corrected chi connectivity index (χ1v) is 7.97. The number of hydrogen-bond acceptors (Lipinski definition) is 1. The van der Waals surface area contributed by atoms with E-state index in [1.807, 2.05) is 0 Å². The van der Waals surface area contributed by atoms with Crippen LogP contribution >= 0.6 is 15.9 Å². The van der Waals surface area contributed by atoms with Gasteiger partial charge in [0.1, 0.15) is 5.82 Å². The molecule has 0 spiro atoms. The standard InChI is InChI=1S/C14H21BrN2/c1-11-16-12-5-2-3-6-13(12)17(11)10-14(9-15)7-4-8-14/h2-10H2,1H3.